The van der Waals surface area contributed by atoms with Gasteiger partial charge in [-0.15, -0.1) is 11.3 Å². The average Bonchev–Trinajstić information content (AvgIpc) is 3.41. The molecule has 1 aliphatic rings. The summed E-state index contributed by atoms with van der Waals surface area (Å²) in [5.74, 6) is 0.737. The zero-order chi connectivity index (χ0) is 26.4. The Balaban J connectivity index is 0.000000480. The monoisotopic (exact) mass is 546 g/mol. The van der Waals surface area contributed by atoms with Crippen LogP contribution in [0.3, 0.4) is 0 Å². The highest BCUT2D eigenvalue weighted by Crippen LogP contribution is 2.29. The second-order valence-corrected chi connectivity index (χ2v) is 8.97. The molecule has 0 spiro atoms. The molecule has 8 nitrogen and oxygen atoms in total. The topological polar surface area (TPSA) is 109 Å². The van der Waals surface area contributed by atoms with E-state index in [-0.39, 0.29) is 5.91 Å². The molecule has 1 aliphatic heterocycles. The number of alkyl halides is 3. The van der Waals surface area contributed by atoms with Crippen LogP contribution in [0, 0.1) is 0 Å². The fraction of sp³-hybridized carbons (Fsp3) is 0.125. The lowest BCUT2D eigenvalue weighted by Gasteiger charge is -2.14. The number of nitrogens with one attached hydrogen (secondary N) is 3. The van der Waals surface area contributed by atoms with Crippen LogP contribution in [-0.4, -0.2) is 33.3 Å². The van der Waals surface area contributed by atoms with Crippen molar-refractivity contribution >= 4 is 64.0 Å². The van der Waals surface area contributed by atoms with E-state index in [9.17, 15) is 18.0 Å². The Hall–Kier alpha value is -4.03. The van der Waals surface area contributed by atoms with E-state index in [0.29, 0.717) is 21.8 Å². The number of halogens is 4. The SMILES string of the molecule is O=C(Nc1ccc2cc1CCc1cccc(c1)Nc1ncc(Cl)c(n1)N2)c1nccs1.O=CC(F)(F)F. The molecule has 3 heterocycles. The fourth-order valence-corrected chi connectivity index (χ4v) is 4.04. The smallest absolute Gasteiger partial charge is 0.339 e. The van der Waals surface area contributed by atoms with Gasteiger partial charge in [0.15, 0.2) is 10.8 Å². The third-order valence-electron chi connectivity index (χ3n) is 4.99. The van der Waals surface area contributed by atoms with E-state index in [4.69, 9.17) is 16.4 Å². The maximum absolute atomic E-state index is 12.6. The van der Waals surface area contributed by atoms with Gasteiger partial charge >= 0.3 is 6.18 Å². The molecule has 37 heavy (non-hydrogen) atoms. The Morgan fingerprint density at radius 3 is 2.59 bits per heavy atom. The van der Waals surface area contributed by atoms with E-state index >= 15 is 0 Å². The Morgan fingerprint density at radius 1 is 1.08 bits per heavy atom. The van der Waals surface area contributed by atoms with Crippen LogP contribution >= 0.6 is 22.9 Å². The number of amides is 1. The second-order valence-electron chi connectivity index (χ2n) is 7.66. The molecule has 6 bridgehead atoms. The highest BCUT2D eigenvalue weighted by atomic mass is 35.5. The minimum atomic E-state index is -4.64. The Morgan fingerprint density at radius 2 is 1.86 bits per heavy atom. The van der Waals surface area contributed by atoms with Gasteiger partial charge in [0.05, 0.1) is 6.20 Å². The minimum Gasteiger partial charge on any atom is -0.339 e. The summed E-state index contributed by atoms with van der Waals surface area (Å²) >= 11 is 7.62. The first-order chi connectivity index (χ1) is 17.7. The fourth-order valence-electron chi connectivity index (χ4n) is 3.38. The number of aromatic nitrogens is 3. The molecule has 13 heteroatoms. The van der Waals surface area contributed by atoms with Crippen molar-refractivity contribution in [1.82, 2.24) is 15.0 Å². The molecule has 2 aromatic carbocycles. The Kier molecular flexibility index (Phi) is 7.99. The van der Waals surface area contributed by atoms with Crippen LogP contribution < -0.4 is 16.0 Å². The van der Waals surface area contributed by atoms with Crippen LogP contribution in [-0.2, 0) is 17.6 Å². The molecular formula is C24H18ClF3N6O2S. The first kappa shape index (κ1) is 26.0. The molecule has 2 aromatic heterocycles. The van der Waals surface area contributed by atoms with Crippen molar-refractivity contribution in [2.24, 2.45) is 0 Å². The van der Waals surface area contributed by atoms with Gasteiger partial charge in [0, 0.05) is 28.6 Å². The summed E-state index contributed by atoms with van der Waals surface area (Å²) < 4.78 is 31.2. The highest BCUT2D eigenvalue weighted by molar-refractivity contribution is 7.11. The average molecular weight is 547 g/mol. The number of fused-ring (bicyclic) bond motifs is 6. The second kappa shape index (κ2) is 11.4. The molecule has 0 unspecified atom stereocenters. The molecule has 0 radical (unpaired) electrons. The maximum Gasteiger partial charge on any atom is 0.446 e. The molecule has 0 atom stereocenters. The summed E-state index contributed by atoms with van der Waals surface area (Å²) in [6, 6.07) is 13.9. The molecule has 5 rings (SSSR count). The number of aldehydes is 1. The third kappa shape index (κ3) is 7.24. The van der Waals surface area contributed by atoms with Gasteiger partial charge in [0.25, 0.3) is 5.91 Å². The number of hydrogen-bond donors (Lipinski definition) is 3. The molecule has 0 fully saturated rings. The molecule has 3 N–H and O–H groups in total. The van der Waals surface area contributed by atoms with Crippen molar-refractivity contribution < 1.29 is 22.8 Å². The van der Waals surface area contributed by atoms with Gasteiger partial charge in [0.1, 0.15) is 5.02 Å². The number of anilines is 5. The Labute approximate surface area is 217 Å². The van der Waals surface area contributed by atoms with Crippen molar-refractivity contribution in [3.8, 4) is 0 Å². The van der Waals surface area contributed by atoms with E-state index in [0.717, 1.165) is 41.0 Å². The molecule has 4 aromatic rings. The minimum absolute atomic E-state index is 0.218. The van der Waals surface area contributed by atoms with E-state index in [1.807, 2.05) is 30.3 Å². The number of carbonyl (C=O) groups excluding carboxylic acids is 2. The van der Waals surface area contributed by atoms with Crippen molar-refractivity contribution in [1.29, 1.82) is 0 Å². The summed E-state index contributed by atoms with van der Waals surface area (Å²) in [5, 5.41) is 12.1. The molecule has 0 aliphatic carbocycles. The van der Waals surface area contributed by atoms with Crippen LogP contribution in [0.1, 0.15) is 20.9 Å². The lowest BCUT2D eigenvalue weighted by molar-refractivity contribution is -0.156. The number of nitrogens with zero attached hydrogens (tertiary/aromatic N) is 3. The largest absolute Gasteiger partial charge is 0.446 e. The summed E-state index contributed by atoms with van der Waals surface area (Å²) in [5.41, 5.74) is 4.63. The van der Waals surface area contributed by atoms with Crippen molar-refractivity contribution in [2.75, 3.05) is 16.0 Å². The number of hydrogen-bond acceptors (Lipinski definition) is 8. The molecule has 190 valence electrons. The number of rotatable bonds is 2. The van der Waals surface area contributed by atoms with E-state index in [1.165, 1.54) is 11.3 Å². The lowest BCUT2D eigenvalue weighted by atomic mass is 10.0. The van der Waals surface area contributed by atoms with E-state index in [2.05, 4.69) is 43.0 Å². The zero-order valence-corrected chi connectivity index (χ0v) is 20.4. The van der Waals surface area contributed by atoms with Crippen LogP contribution in [0.25, 0.3) is 0 Å². The molecular weight excluding hydrogens is 529 g/mol. The zero-order valence-electron chi connectivity index (χ0n) is 18.8. The van der Waals surface area contributed by atoms with Gasteiger partial charge in [-0.25, -0.2) is 9.97 Å². The molecule has 0 saturated heterocycles. The lowest BCUT2D eigenvalue weighted by Crippen LogP contribution is -2.13. The summed E-state index contributed by atoms with van der Waals surface area (Å²) in [7, 11) is 0. The van der Waals surface area contributed by atoms with Crippen molar-refractivity contribution in [3.63, 3.8) is 0 Å². The third-order valence-corrected chi connectivity index (χ3v) is 6.04. The summed E-state index contributed by atoms with van der Waals surface area (Å²) in [6.07, 6.45) is -0.975. The maximum atomic E-state index is 12.6. The Bertz CT molecular complexity index is 1420. The predicted octanol–water partition coefficient (Wildman–Crippen LogP) is 6.17. The van der Waals surface area contributed by atoms with Gasteiger partial charge in [-0.2, -0.15) is 18.2 Å². The van der Waals surface area contributed by atoms with Crippen LogP contribution in [0.15, 0.2) is 60.2 Å². The van der Waals surface area contributed by atoms with Gasteiger partial charge in [-0.05, 0) is 54.3 Å². The van der Waals surface area contributed by atoms with Gasteiger partial charge in [-0.1, -0.05) is 23.7 Å². The first-order valence-electron chi connectivity index (χ1n) is 10.7. The highest BCUT2D eigenvalue weighted by Gasteiger charge is 2.25. The quantitative estimate of drug-likeness (QED) is 0.258. The van der Waals surface area contributed by atoms with Crippen LogP contribution in [0.4, 0.5) is 42.0 Å². The number of aryl methyl sites for hydroxylation is 2. The number of carbonyl (C=O) groups is 2. The van der Waals surface area contributed by atoms with E-state index < -0.39 is 12.5 Å². The normalized spacial score (nSPS) is 12.2. The predicted molar refractivity (Wildman–Crippen MR) is 136 cm³/mol. The van der Waals surface area contributed by atoms with Crippen LogP contribution in [0.5, 0.6) is 0 Å². The van der Waals surface area contributed by atoms with Gasteiger partial charge < -0.3 is 16.0 Å². The first-order valence-corrected chi connectivity index (χ1v) is 12.0. The molecule has 0 saturated carbocycles. The van der Waals surface area contributed by atoms with Crippen LogP contribution in [0.2, 0.25) is 5.02 Å². The standard InChI is InChI=1S/C22H17ClN6OS.C2HF3O/c23-17-12-25-22-27-15-3-1-2-13(10-15)4-5-14-11-16(26-19(17)29-22)6-7-18(14)28-20(30)21-24-8-9-31-21;3-2(4,5)1-6/h1-3,6-12H,4-5H2,(H,28,30)(H2,25,26,27,29);1H. The summed E-state index contributed by atoms with van der Waals surface area (Å²) in [4.78, 5) is 34.1. The van der Waals surface area contributed by atoms with Crippen molar-refractivity contribution in [3.05, 3.63) is 81.4 Å². The van der Waals surface area contributed by atoms with E-state index in [1.54, 1.807) is 17.8 Å². The van der Waals surface area contributed by atoms with Gasteiger partial charge in [0.2, 0.25) is 12.2 Å². The summed E-state index contributed by atoms with van der Waals surface area (Å²) in [6.45, 7) is 0. The number of thiazole rings is 1. The number of benzene rings is 2. The van der Waals surface area contributed by atoms with Gasteiger partial charge in [-0.3, -0.25) is 9.59 Å². The molecule has 1 amide bonds. The van der Waals surface area contributed by atoms with Crippen molar-refractivity contribution in [2.45, 2.75) is 19.0 Å².